The highest BCUT2D eigenvalue weighted by atomic mass is 16.1. The summed E-state index contributed by atoms with van der Waals surface area (Å²) in [7, 11) is 0. The number of nitrogens with one attached hydrogen (secondary N) is 1. The first kappa shape index (κ1) is 6.16. The molecule has 56 valence electrons. The molecule has 3 heteroatoms. The maximum atomic E-state index is 10.8. The molecule has 3 nitrogen and oxygen atoms in total. The zero-order valence-corrected chi connectivity index (χ0v) is 5.89. The molecule has 10 heavy (non-hydrogen) atoms. The predicted molar refractivity (Wildman–Crippen MR) is 37.2 cm³/mol. The largest absolute Gasteiger partial charge is 0.369 e. The number of nitrogens with two attached hydrogens (primary N) is 1. The fraction of sp³-hybridized carbons (Fsp3) is 0.857. The lowest BCUT2D eigenvalue weighted by Gasteiger charge is -2.54. The second kappa shape index (κ2) is 1.72. The van der Waals surface area contributed by atoms with Gasteiger partial charge in [-0.15, -0.1) is 0 Å². The van der Waals surface area contributed by atoms with E-state index in [0.717, 1.165) is 19.5 Å². The molecular formula is C7H12N2O. The monoisotopic (exact) mass is 140 g/mol. The van der Waals surface area contributed by atoms with Crippen LogP contribution in [0.3, 0.4) is 0 Å². The van der Waals surface area contributed by atoms with E-state index in [4.69, 9.17) is 5.73 Å². The fourth-order valence-corrected chi connectivity index (χ4v) is 2.01. The lowest BCUT2D eigenvalue weighted by Crippen LogP contribution is -2.65. The Morgan fingerprint density at radius 2 is 2.30 bits per heavy atom. The molecule has 1 unspecified atom stereocenters. The molecule has 1 saturated carbocycles. The lowest BCUT2D eigenvalue weighted by molar-refractivity contribution is -0.136. The summed E-state index contributed by atoms with van der Waals surface area (Å²) in [6.07, 6.45) is 2.20. The van der Waals surface area contributed by atoms with Crippen molar-refractivity contribution in [3.8, 4) is 0 Å². The number of hydrogen-bond donors (Lipinski definition) is 2. The van der Waals surface area contributed by atoms with E-state index in [1.807, 2.05) is 0 Å². The summed E-state index contributed by atoms with van der Waals surface area (Å²) in [4.78, 5) is 10.8. The second-order valence-corrected chi connectivity index (χ2v) is 3.46. The van der Waals surface area contributed by atoms with Crippen LogP contribution < -0.4 is 11.1 Å². The molecule has 0 radical (unpaired) electrons. The zero-order valence-electron chi connectivity index (χ0n) is 5.89. The van der Waals surface area contributed by atoms with Crippen LogP contribution in [0.5, 0.6) is 0 Å². The van der Waals surface area contributed by atoms with Crippen molar-refractivity contribution in [1.82, 2.24) is 5.32 Å². The summed E-state index contributed by atoms with van der Waals surface area (Å²) >= 11 is 0. The van der Waals surface area contributed by atoms with Gasteiger partial charge in [-0.3, -0.25) is 4.79 Å². The van der Waals surface area contributed by atoms with Crippen molar-refractivity contribution < 1.29 is 4.79 Å². The van der Waals surface area contributed by atoms with Crippen LogP contribution in [-0.2, 0) is 4.79 Å². The van der Waals surface area contributed by atoms with Gasteiger partial charge < -0.3 is 11.1 Å². The van der Waals surface area contributed by atoms with E-state index < -0.39 is 0 Å². The first-order chi connectivity index (χ1) is 4.75. The molecule has 1 atom stereocenters. The van der Waals surface area contributed by atoms with E-state index in [2.05, 4.69) is 5.32 Å². The van der Waals surface area contributed by atoms with Crippen molar-refractivity contribution in [2.45, 2.75) is 12.8 Å². The van der Waals surface area contributed by atoms with Crippen LogP contribution in [0.2, 0.25) is 0 Å². The number of carbonyl (C=O) groups is 1. The Balaban J connectivity index is 2.05. The highest BCUT2D eigenvalue weighted by molar-refractivity contribution is 5.79. The van der Waals surface area contributed by atoms with Gasteiger partial charge in [0.15, 0.2) is 0 Å². The molecule has 1 aliphatic carbocycles. The van der Waals surface area contributed by atoms with Gasteiger partial charge in [-0.1, -0.05) is 0 Å². The normalized spacial score (nSPS) is 34.6. The molecule has 0 aromatic rings. The molecule has 2 aliphatic rings. The highest BCUT2D eigenvalue weighted by Crippen LogP contribution is 2.49. The van der Waals surface area contributed by atoms with Crippen molar-refractivity contribution in [3.05, 3.63) is 0 Å². The molecule has 0 bridgehead atoms. The fourth-order valence-electron chi connectivity index (χ4n) is 2.01. The Morgan fingerprint density at radius 3 is 2.40 bits per heavy atom. The van der Waals surface area contributed by atoms with Gasteiger partial charge in [-0.05, 0) is 12.8 Å². The van der Waals surface area contributed by atoms with Crippen LogP contribution in [0.15, 0.2) is 0 Å². The average Bonchev–Trinajstić information content (AvgIpc) is 1.53. The summed E-state index contributed by atoms with van der Waals surface area (Å²) in [5.41, 5.74) is 5.51. The quantitative estimate of drug-likeness (QED) is 0.514. The van der Waals surface area contributed by atoms with Gasteiger partial charge >= 0.3 is 0 Å². The Bertz CT molecular complexity index is 169. The van der Waals surface area contributed by atoms with E-state index in [0.29, 0.717) is 5.41 Å². The smallest absolute Gasteiger partial charge is 0.221 e. The van der Waals surface area contributed by atoms with Gasteiger partial charge in [0.25, 0.3) is 0 Å². The van der Waals surface area contributed by atoms with Crippen molar-refractivity contribution in [1.29, 1.82) is 0 Å². The van der Waals surface area contributed by atoms with Gasteiger partial charge in [0.1, 0.15) is 0 Å². The Labute approximate surface area is 60.0 Å². The summed E-state index contributed by atoms with van der Waals surface area (Å²) in [5, 5.41) is 3.18. The minimum Gasteiger partial charge on any atom is -0.369 e. The molecule has 1 saturated heterocycles. The third-order valence-corrected chi connectivity index (χ3v) is 2.97. The standard InChI is InChI=1S/C7H12N2O/c8-6(10)5-1-2-7(5)3-9-4-7/h5,9H,1-4H2,(H2,8,10). The van der Waals surface area contributed by atoms with E-state index in [1.165, 1.54) is 6.42 Å². The number of amides is 1. The SMILES string of the molecule is NC(=O)C1CCC12CNC2. The van der Waals surface area contributed by atoms with Crippen LogP contribution in [0, 0.1) is 11.3 Å². The minimum atomic E-state index is -0.104. The van der Waals surface area contributed by atoms with Crippen molar-refractivity contribution in [3.63, 3.8) is 0 Å². The van der Waals surface area contributed by atoms with Crippen LogP contribution in [0.1, 0.15) is 12.8 Å². The van der Waals surface area contributed by atoms with Crippen LogP contribution in [0.25, 0.3) is 0 Å². The third kappa shape index (κ3) is 0.560. The molecule has 1 aliphatic heterocycles. The maximum absolute atomic E-state index is 10.8. The summed E-state index contributed by atoms with van der Waals surface area (Å²) < 4.78 is 0. The molecule has 0 aromatic carbocycles. The van der Waals surface area contributed by atoms with Gasteiger partial charge in [-0.25, -0.2) is 0 Å². The third-order valence-electron chi connectivity index (χ3n) is 2.97. The van der Waals surface area contributed by atoms with Crippen molar-refractivity contribution in [2.75, 3.05) is 13.1 Å². The zero-order chi connectivity index (χ0) is 7.19. The number of primary amides is 1. The van der Waals surface area contributed by atoms with Crippen LogP contribution in [-0.4, -0.2) is 19.0 Å². The molecule has 2 fully saturated rings. The average molecular weight is 140 g/mol. The van der Waals surface area contributed by atoms with E-state index in [9.17, 15) is 4.79 Å². The first-order valence-corrected chi connectivity index (χ1v) is 3.75. The van der Waals surface area contributed by atoms with Gasteiger partial charge in [0.05, 0.1) is 0 Å². The van der Waals surface area contributed by atoms with Gasteiger partial charge in [0.2, 0.25) is 5.91 Å². The molecular weight excluding hydrogens is 128 g/mol. The molecule has 2 rings (SSSR count). The van der Waals surface area contributed by atoms with Gasteiger partial charge in [-0.2, -0.15) is 0 Å². The lowest BCUT2D eigenvalue weighted by atomic mass is 9.56. The molecule has 1 spiro atoms. The second-order valence-electron chi connectivity index (χ2n) is 3.46. The van der Waals surface area contributed by atoms with Gasteiger partial charge in [0, 0.05) is 24.4 Å². The van der Waals surface area contributed by atoms with Crippen LogP contribution in [0.4, 0.5) is 0 Å². The number of carbonyl (C=O) groups excluding carboxylic acids is 1. The maximum Gasteiger partial charge on any atom is 0.221 e. The Hall–Kier alpha value is -0.570. The predicted octanol–water partition coefficient (Wildman–Crippen LogP) is -0.529. The first-order valence-electron chi connectivity index (χ1n) is 3.75. The summed E-state index contributed by atoms with van der Waals surface area (Å²) in [6.45, 7) is 2.00. The highest BCUT2D eigenvalue weighted by Gasteiger charge is 2.53. The molecule has 1 heterocycles. The number of rotatable bonds is 1. The van der Waals surface area contributed by atoms with Crippen LogP contribution >= 0.6 is 0 Å². The van der Waals surface area contributed by atoms with Crippen molar-refractivity contribution in [2.24, 2.45) is 17.1 Å². The van der Waals surface area contributed by atoms with Crippen molar-refractivity contribution >= 4 is 5.91 Å². The minimum absolute atomic E-state index is 0.104. The Kier molecular flexibility index (Phi) is 1.06. The molecule has 0 aromatic heterocycles. The molecule has 1 amide bonds. The molecule has 3 N–H and O–H groups in total. The number of hydrogen-bond acceptors (Lipinski definition) is 2. The van der Waals surface area contributed by atoms with E-state index >= 15 is 0 Å². The summed E-state index contributed by atoms with van der Waals surface area (Å²) in [5.74, 6) is 0.0708. The van der Waals surface area contributed by atoms with E-state index in [1.54, 1.807) is 0 Å². The summed E-state index contributed by atoms with van der Waals surface area (Å²) in [6, 6.07) is 0. The van der Waals surface area contributed by atoms with E-state index in [-0.39, 0.29) is 11.8 Å². The topological polar surface area (TPSA) is 55.1 Å². The Morgan fingerprint density at radius 1 is 1.60 bits per heavy atom.